The number of fused-ring (bicyclic) bond motifs is 3. The molecule has 2 saturated carbocycles. The van der Waals surface area contributed by atoms with Crippen molar-refractivity contribution in [3.63, 3.8) is 0 Å². The minimum Gasteiger partial charge on any atom is -0.405 e. The Hall–Kier alpha value is -3.44. The summed E-state index contributed by atoms with van der Waals surface area (Å²) < 4.78 is 50.7. The lowest BCUT2D eigenvalue weighted by Gasteiger charge is -2.39. The normalized spacial score (nSPS) is 23.5. The van der Waals surface area contributed by atoms with E-state index in [1.54, 1.807) is 30.4 Å². The highest BCUT2D eigenvalue weighted by Gasteiger charge is 2.43. The van der Waals surface area contributed by atoms with Crippen LogP contribution in [0.4, 0.5) is 18.3 Å². The highest BCUT2D eigenvalue weighted by molar-refractivity contribution is 7.22. The first-order valence-electron chi connectivity index (χ1n) is 15.5. The molecule has 4 aliphatic rings. The Morgan fingerprint density at radius 1 is 1.07 bits per heavy atom. The smallest absolute Gasteiger partial charge is 0.405 e. The Kier molecular flexibility index (Phi) is 6.75. The fourth-order valence-electron chi connectivity index (χ4n) is 7.21. The van der Waals surface area contributed by atoms with Crippen LogP contribution in [0.2, 0.25) is 0 Å². The van der Waals surface area contributed by atoms with Gasteiger partial charge in [0.1, 0.15) is 17.2 Å². The molecule has 4 fully saturated rings. The molecule has 8 rings (SSSR count). The fraction of sp³-hybridized carbons (Fsp3) is 0.485. The number of carbonyl (C=O) groups excluding carboxylic acids is 1. The lowest BCUT2D eigenvalue weighted by Crippen LogP contribution is -2.49. The summed E-state index contributed by atoms with van der Waals surface area (Å²) in [5, 5.41) is 9.04. The molecule has 4 heterocycles. The predicted octanol–water partition coefficient (Wildman–Crippen LogP) is 8.10. The van der Waals surface area contributed by atoms with Gasteiger partial charge in [-0.2, -0.15) is 0 Å². The maximum atomic E-state index is 13.2. The third kappa shape index (κ3) is 5.27. The Balaban J connectivity index is 1.02. The van der Waals surface area contributed by atoms with Crippen molar-refractivity contribution in [1.29, 1.82) is 0 Å². The standard InChI is InChI=1S/C33H33F3N4O3S/c1-17(41)20-12-25(18-6-7-18)30-28(13-20)44-32(38-30)40-22-10-11-23(40)15-21(14-22)37-16-26-29(39-43-31(26)19-8-9-19)24-4-2-3-5-27(24)42-33(34,35)36/h2-5,12-13,18-19,21-23,37H,6-11,14-16H2,1H3. The van der Waals surface area contributed by atoms with Crippen molar-refractivity contribution >= 4 is 32.5 Å². The number of ketones is 1. The number of benzene rings is 2. The topological polar surface area (TPSA) is 80.5 Å². The van der Waals surface area contributed by atoms with Gasteiger partial charge in [0, 0.05) is 47.3 Å². The van der Waals surface area contributed by atoms with Crippen LogP contribution in [0.25, 0.3) is 21.5 Å². The molecule has 2 aliphatic heterocycles. The van der Waals surface area contributed by atoms with Crippen LogP contribution < -0.4 is 15.0 Å². The number of thiazole rings is 1. The van der Waals surface area contributed by atoms with Gasteiger partial charge in [-0.05, 0) is 94.0 Å². The van der Waals surface area contributed by atoms with Crippen LogP contribution in [-0.2, 0) is 6.54 Å². The van der Waals surface area contributed by atoms with Gasteiger partial charge in [0.2, 0.25) is 0 Å². The number of anilines is 1. The zero-order chi connectivity index (χ0) is 30.2. The van der Waals surface area contributed by atoms with Gasteiger partial charge in [-0.25, -0.2) is 4.98 Å². The monoisotopic (exact) mass is 622 g/mol. The SMILES string of the molecule is CC(=O)c1cc(C2CC2)c2nc(N3C4CCC3CC(NCc3c(-c5ccccc5OC(F)(F)F)noc3C3CC3)C4)sc2c1. The molecule has 230 valence electrons. The average Bonchev–Trinajstić information content (AvgIpc) is 3.90. The summed E-state index contributed by atoms with van der Waals surface area (Å²) >= 11 is 1.70. The molecule has 2 bridgehead atoms. The van der Waals surface area contributed by atoms with Gasteiger partial charge < -0.3 is 19.5 Å². The molecule has 2 atom stereocenters. The van der Waals surface area contributed by atoms with E-state index >= 15 is 0 Å². The van der Waals surface area contributed by atoms with Gasteiger partial charge in [0.25, 0.3) is 0 Å². The average molecular weight is 623 g/mol. The van der Waals surface area contributed by atoms with Crippen LogP contribution in [0.3, 0.4) is 0 Å². The second-order valence-electron chi connectivity index (χ2n) is 12.8. The van der Waals surface area contributed by atoms with Crippen molar-refractivity contribution < 1.29 is 27.2 Å². The Bertz CT molecular complexity index is 1730. The van der Waals surface area contributed by atoms with E-state index in [0.717, 1.165) is 83.6 Å². The number of ether oxygens (including phenoxy) is 1. The first-order chi connectivity index (χ1) is 21.2. The van der Waals surface area contributed by atoms with Crippen LogP contribution in [-0.4, -0.2) is 40.4 Å². The van der Waals surface area contributed by atoms with E-state index < -0.39 is 6.36 Å². The van der Waals surface area contributed by atoms with Crippen LogP contribution in [0.15, 0.2) is 40.9 Å². The Labute approximate surface area is 256 Å². The maximum Gasteiger partial charge on any atom is 0.573 e. The maximum absolute atomic E-state index is 13.2. The summed E-state index contributed by atoms with van der Waals surface area (Å²) in [6, 6.07) is 11.1. The highest BCUT2D eigenvalue weighted by Crippen LogP contribution is 2.48. The number of alkyl halides is 3. The number of hydrogen-bond donors (Lipinski definition) is 1. The van der Waals surface area contributed by atoms with Crippen LogP contribution in [0.5, 0.6) is 5.75 Å². The minimum atomic E-state index is -4.80. The Morgan fingerprint density at radius 2 is 1.80 bits per heavy atom. The van der Waals surface area contributed by atoms with E-state index in [1.807, 2.05) is 6.07 Å². The Morgan fingerprint density at radius 3 is 2.48 bits per heavy atom. The number of para-hydroxylation sites is 1. The molecular formula is C33H33F3N4O3S. The molecule has 7 nitrogen and oxygen atoms in total. The number of piperidine rings is 1. The van der Waals surface area contributed by atoms with Crippen molar-refractivity contribution in [1.82, 2.24) is 15.5 Å². The van der Waals surface area contributed by atoms with Crippen molar-refractivity contribution in [3.05, 3.63) is 58.8 Å². The van der Waals surface area contributed by atoms with Crippen LogP contribution >= 0.6 is 11.3 Å². The van der Waals surface area contributed by atoms with Crippen LogP contribution in [0, 0.1) is 0 Å². The molecule has 0 radical (unpaired) electrons. The van der Waals surface area contributed by atoms with Crippen molar-refractivity contribution in [2.45, 2.75) is 101 Å². The van der Waals surface area contributed by atoms with Gasteiger partial charge in [0.15, 0.2) is 10.9 Å². The van der Waals surface area contributed by atoms with Crippen molar-refractivity contribution in [2.24, 2.45) is 0 Å². The molecule has 11 heteroatoms. The molecule has 1 N–H and O–H groups in total. The zero-order valence-electron chi connectivity index (χ0n) is 24.3. The number of halogens is 3. The quantitative estimate of drug-likeness (QED) is 0.189. The predicted molar refractivity (Wildman–Crippen MR) is 161 cm³/mol. The van der Waals surface area contributed by atoms with Gasteiger partial charge in [-0.15, -0.1) is 13.2 Å². The molecule has 2 aromatic heterocycles. The zero-order valence-corrected chi connectivity index (χ0v) is 25.1. The number of Topliss-reactive ketones (excluding diaryl/α,β-unsaturated/α-hetero) is 1. The van der Waals surface area contributed by atoms with Crippen LogP contribution in [0.1, 0.15) is 97.4 Å². The van der Waals surface area contributed by atoms with Gasteiger partial charge in [-0.1, -0.05) is 28.6 Å². The summed E-state index contributed by atoms with van der Waals surface area (Å²) in [7, 11) is 0. The van der Waals surface area contributed by atoms with Crippen molar-refractivity contribution in [2.75, 3.05) is 4.90 Å². The molecule has 0 amide bonds. The molecule has 2 aromatic carbocycles. The van der Waals surface area contributed by atoms with E-state index in [2.05, 4.69) is 26.2 Å². The van der Waals surface area contributed by atoms with Gasteiger partial charge in [-0.3, -0.25) is 4.79 Å². The molecule has 0 spiro atoms. The molecule has 2 saturated heterocycles. The lowest BCUT2D eigenvalue weighted by atomic mass is 9.97. The van der Waals surface area contributed by atoms with E-state index in [-0.39, 0.29) is 29.1 Å². The second kappa shape index (κ2) is 10.6. The molecular weight excluding hydrogens is 589 g/mol. The highest BCUT2D eigenvalue weighted by atomic mass is 32.1. The number of rotatable bonds is 9. The van der Waals surface area contributed by atoms with Gasteiger partial charge >= 0.3 is 6.36 Å². The van der Waals surface area contributed by atoms with E-state index in [0.29, 0.717) is 30.2 Å². The summed E-state index contributed by atoms with van der Waals surface area (Å²) in [6.07, 6.45) is 3.59. The third-order valence-corrected chi connectivity index (χ3v) is 10.6. The summed E-state index contributed by atoms with van der Waals surface area (Å²) in [4.78, 5) is 19.9. The lowest BCUT2D eigenvalue weighted by molar-refractivity contribution is -0.274. The number of aromatic nitrogens is 2. The number of nitrogens with zero attached hydrogens (tertiary/aromatic N) is 3. The fourth-order valence-corrected chi connectivity index (χ4v) is 8.40. The first kappa shape index (κ1) is 28.1. The molecule has 2 unspecified atom stereocenters. The van der Waals surface area contributed by atoms with E-state index in [9.17, 15) is 18.0 Å². The van der Waals surface area contributed by atoms with Crippen molar-refractivity contribution in [3.8, 4) is 17.0 Å². The number of carbonyl (C=O) groups is 1. The summed E-state index contributed by atoms with van der Waals surface area (Å²) in [5.74, 6) is 1.34. The first-order valence-corrected chi connectivity index (χ1v) is 16.3. The molecule has 4 aromatic rings. The minimum absolute atomic E-state index is 0.0906. The number of hydrogen-bond acceptors (Lipinski definition) is 8. The number of nitrogens with one attached hydrogen (secondary N) is 1. The van der Waals surface area contributed by atoms with E-state index in [4.69, 9.17) is 9.51 Å². The summed E-state index contributed by atoms with van der Waals surface area (Å²) in [5.41, 5.74) is 4.55. The largest absolute Gasteiger partial charge is 0.573 e. The van der Waals surface area contributed by atoms with Gasteiger partial charge in [0.05, 0.1) is 10.2 Å². The van der Waals surface area contributed by atoms with E-state index in [1.165, 1.54) is 17.7 Å². The second-order valence-corrected chi connectivity index (χ2v) is 13.8. The molecule has 2 aliphatic carbocycles. The molecule has 44 heavy (non-hydrogen) atoms. The summed E-state index contributed by atoms with van der Waals surface area (Å²) in [6.45, 7) is 2.10. The third-order valence-electron chi connectivity index (χ3n) is 9.59.